The van der Waals surface area contributed by atoms with Crippen LogP contribution in [0.15, 0.2) is 12.3 Å². The molecule has 1 amide bonds. The van der Waals surface area contributed by atoms with Gasteiger partial charge in [-0.1, -0.05) is 13.8 Å². The molecule has 5 rings (SSSR count). The quantitative estimate of drug-likeness (QED) is 0.628. The molecule has 3 aliphatic heterocycles. The van der Waals surface area contributed by atoms with Gasteiger partial charge in [-0.15, -0.1) is 5.10 Å². The van der Waals surface area contributed by atoms with Gasteiger partial charge < -0.3 is 24.6 Å². The van der Waals surface area contributed by atoms with Gasteiger partial charge in [0.05, 0.1) is 43.3 Å². The lowest BCUT2D eigenvalue weighted by molar-refractivity contribution is -0.146. The summed E-state index contributed by atoms with van der Waals surface area (Å²) in [6.07, 6.45) is 0.0858. The topological polar surface area (TPSA) is 79.8 Å². The van der Waals surface area contributed by atoms with Crippen molar-refractivity contribution in [1.29, 1.82) is 0 Å². The number of halogens is 3. The highest BCUT2D eigenvalue weighted by atomic mass is 19.4. The van der Waals surface area contributed by atoms with Crippen molar-refractivity contribution in [2.45, 2.75) is 82.4 Å². The molecule has 4 fully saturated rings. The molecule has 11 heteroatoms. The first-order valence-electron chi connectivity index (χ1n) is 13.6. The molecule has 0 aromatic carbocycles. The number of rotatable bonds is 6. The summed E-state index contributed by atoms with van der Waals surface area (Å²) in [6.45, 7) is 6.31. The number of alkyl halides is 3. The number of hydrogen-bond donors (Lipinski definition) is 1. The number of carbonyl (C=O) groups is 1. The molecule has 36 heavy (non-hydrogen) atoms. The van der Waals surface area contributed by atoms with Crippen molar-refractivity contribution in [2.24, 2.45) is 11.3 Å². The number of anilines is 1. The van der Waals surface area contributed by atoms with E-state index >= 15 is 0 Å². The number of likely N-dealkylation sites (tertiary alicyclic amines) is 1. The van der Waals surface area contributed by atoms with Crippen LogP contribution < -0.4 is 10.2 Å². The third-order valence-corrected chi connectivity index (χ3v) is 8.81. The van der Waals surface area contributed by atoms with Crippen LogP contribution in [0.1, 0.15) is 52.9 Å². The Bertz CT molecular complexity index is 983. The highest BCUT2D eigenvalue weighted by Gasteiger charge is 2.55. The molecule has 0 unspecified atom stereocenters. The Morgan fingerprint density at radius 3 is 2.86 bits per heavy atom. The molecule has 0 spiro atoms. The van der Waals surface area contributed by atoms with Crippen molar-refractivity contribution in [3.05, 3.63) is 17.8 Å². The summed E-state index contributed by atoms with van der Waals surface area (Å²) < 4.78 is 58.0. The first-order chi connectivity index (χ1) is 17.6. The summed E-state index contributed by atoms with van der Waals surface area (Å²) in [5, 5.41) is 11.3. The highest BCUT2D eigenvalue weighted by molar-refractivity contribution is 5.84. The predicted octanol–water partition coefficient (Wildman–Crippen LogP) is 2.87. The number of hydrogen-bond acceptors (Lipinski definition) is 7. The molecule has 0 radical (unpaired) electrons. The summed E-state index contributed by atoms with van der Waals surface area (Å²) in [4.78, 5) is 17.9. The second-order valence-corrected chi connectivity index (χ2v) is 11.0. The maximum absolute atomic E-state index is 14.1. The first-order valence-corrected chi connectivity index (χ1v) is 12.8. The van der Waals surface area contributed by atoms with Gasteiger partial charge in [0.15, 0.2) is 5.82 Å². The van der Waals surface area contributed by atoms with Crippen LogP contribution in [0.5, 0.6) is 0 Å². The lowest BCUT2D eigenvalue weighted by Gasteiger charge is -2.42. The van der Waals surface area contributed by atoms with E-state index in [2.05, 4.69) is 29.4 Å². The van der Waals surface area contributed by atoms with E-state index in [-0.39, 0.29) is 55.0 Å². The normalized spacial score (nSPS) is 35.1. The van der Waals surface area contributed by atoms with Crippen LogP contribution in [0.25, 0.3) is 0 Å². The van der Waals surface area contributed by atoms with Crippen molar-refractivity contribution in [3.8, 4) is 0 Å². The molecule has 2 bridgehead atoms. The number of ether oxygens (including phenoxy) is 2. The molecule has 4 heterocycles. The van der Waals surface area contributed by atoms with Gasteiger partial charge in [-0.25, -0.2) is 0 Å². The van der Waals surface area contributed by atoms with Crippen LogP contribution >= 0.6 is 0 Å². The van der Waals surface area contributed by atoms with E-state index in [1.807, 2.05) is 9.80 Å². The van der Waals surface area contributed by atoms with Gasteiger partial charge in [0.2, 0.25) is 5.91 Å². The number of aromatic nitrogens is 2. The number of piperazine rings is 1. The number of nitrogens with one attached hydrogen (secondary N) is 1. The summed E-state index contributed by atoms with van der Waals surface area (Å²) >= 11 is 0. The van der Waals surface area contributed by atoms with Crippen molar-refractivity contribution in [2.75, 3.05) is 38.3 Å². The van der Waals surface area contributed by atoms with Gasteiger partial charge in [0.1, 0.15) is 0 Å². The fourth-order valence-electron chi connectivity index (χ4n) is 6.69. The first kappa shape index (κ1) is 24.4. The molecule has 1 aromatic heterocycles. The smallest absolute Gasteiger partial charge is 0.379 e. The fraction of sp³-hybridized carbons (Fsp3) is 0.800. The van der Waals surface area contributed by atoms with Crippen molar-refractivity contribution in [3.63, 3.8) is 0 Å². The molecule has 1 saturated carbocycles. The van der Waals surface area contributed by atoms with E-state index in [9.17, 15) is 18.0 Å². The molecule has 3 saturated heterocycles. The molecule has 1 aromatic rings. The van der Waals surface area contributed by atoms with Crippen molar-refractivity contribution >= 4 is 11.7 Å². The standard InChI is InChI=1S/C25H36F3N5O3/c1-15(2)24(6-4-17(10-24)30-20-5-7-36-14-21(20)35-3)23(34)33-13-18-9-19(33)12-32(18)22-8-16(11-29-31-22)25(26,27)28/h8,11,15,17-21,30H,4-7,9-10,12-14H2,1-3H3/t17-,18+,19+,20+,21-,24+/m1/s1/i3D. The Hall–Kier alpha value is -1.98. The molecule has 4 aliphatic rings. The number of amides is 1. The van der Waals surface area contributed by atoms with Crippen molar-refractivity contribution in [1.82, 2.24) is 20.4 Å². The zero-order valence-electron chi connectivity index (χ0n) is 21.8. The average Bonchev–Trinajstić information content (AvgIpc) is 3.60. The lowest BCUT2D eigenvalue weighted by Crippen LogP contribution is -2.55. The van der Waals surface area contributed by atoms with Crippen molar-refractivity contribution < 1.29 is 28.8 Å². The molecule has 200 valence electrons. The predicted molar refractivity (Wildman–Crippen MR) is 126 cm³/mol. The van der Waals surface area contributed by atoms with Crippen LogP contribution in [-0.2, 0) is 20.4 Å². The zero-order chi connectivity index (χ0) is 26.4. The summed E-state index contributed by atoms with van der Waals surface area (Å²) in [5.41, 5.74) is -1.28. The minimum Gasteiger partial charge on any atom is -0.379 e. The molecular formula is C25H36F3N5O3. The van der Waals surface area contributed by atoms with Crippen LogP contribution in [0, 0.1) is 11.3 Å². The summed E-state index contributed by atoms with van der Waals surface area (Å²) in [7, 11) is -0.105. The van der Waals surface area contributed by atoms with Gasteiger partial charge in [-0.2, -0.15) is 18.3 Å². The summed E-state index contributed by atoms with van der Waals surface area (Å²) in [5.74, 6) is 0.547. The van der Waals surface area contributed by atoms with E-state index in [1.54, 1.807) is 0 Å². The summed E-state index contributed by atoms with van der Waals surface area (Å²) in [6, 6.07) is 1.24. The molecule has 1 N–H and O–H groups in total. The van der Waals surface area contributed by atoms with Gasteiger partial charge in [0.25, 0.3) is 0 Å². The van der Waals surface area contributed by atoms with Crippen LogP contribution in [0.4, 0.5) is 19.0 Å². The van der Waals surface area contributed by atoms with Gasteiger partial charge in [0, 0.05) is 38.9 Å². The zero-order valence-corrected chi connectivity index (χ0v) is 20.8. The fourth-order valence-corrected chi connectivity index (χ4v) is 6.69. The van der Waals surface area contributed by atoms with Crippen LogP contribution in [0.3, 0.4) is 0 Å². The second-order valence-electron chi connectivity index (χ2n) is 11.0. The van der Waals surface area contributed by atoms with Gasteiger partial charge in [-0.3, -0.25) is 4.79 Å². The third-order valence-electron chi connectivity index (χ3n) is 8.81. The lowest BCUT2D eigenvalue weighted by atomic mass is 9.74. The Balaban J connectivity index is 1.25. The second kappa shape index (κ2) is 9.72. The molecular weight excluding hydrogens is 475 g/mol. The average molecular weight is 513 g/mol. The number of carbonyl (C=O) groups excluding carboxylic acids is 1. The Kier molecular flexibility index (Phi) is 6.58. The van der Waals surface area contributed by atoms with Crippen LogP contribution in [0.2, 0.25) is 0 Å². The maximum Gasteiger partial charge on any atom is 0.418 e. The molecule has 8 nitrogen and oxygen atoms in total. The molecule has 6 atom stereocenters. The maximum atomic E-state index is 14.1. The van der Waals surface area contributed by atoms with E-state index in [0.717, 1.165) is 44.4 Å². The van der Waals surface area contributed by atoms with Gasteiger partial charge in [-0.05, 0) is 44.1 Å². The highest BCUT2D eigenvalue weighted by Crippen LogP contribution is 2.48. The van der Waals surface area contributed by atoms with E-state index < -0.39 is 17.2 Å². The van der Waals surface area contributed by atoms with Crippen LogP contribution in [-0.4, -0.2) is 84.7 Å². The Morgan fingerprint density at radius 1 is 1.33 bits per heavy atom. The minimum absolute atomic E-state index is 0.0400. The number of fused-ring (bicyclic) bond motifs is 2. The monoisotopic (exact) mass is 512 g/mol. The van der Waals surface area contributed by atoms with E-state index in [1.165, 1.54) is 0 Å². The largest absolute Gasteiger partial charge is 0.418 e. The van der Waals surface area contributed by atoms with E-state index in [0.29, 0.717) is 26.3 Å². The Morgan fingerprint density at radius 2 is 2.17 bits per heavy atom. The SMILES string of the molecule is [2H]CO[C@@H]1COCC[C@@H]1N[C@@H]1CC[C@@](C(=O)N2C[C@@H]3C[C@H]2CN3c2cc(C(F)(F)F)cnn2)(C(C)C)C1. The number of nitrogens with zero attached hydrogens (tertiary/aromatic N) is 4. The number of methoxy groups -OCH3 is 1. The van der Waals surface area contributed by atoms with Gasteiger partial charge >= 0.3 is 6.18 Å². The van der Waals surface area contributed by atoms with E-state index in [4.69, 9.17) is 10.8 Å². The molecule has 1 aliphatic carbocycles. The Labute approximate surface area is 211 Å². The third kappa shape index (κ3) is 4.58. The minimum atomic E-state index is -4.47.